The number of nitrogens with two attached hydrogens (primary N) is 1. The quantitative estimate of drug-likeness (QED) is 0.838. The van der Waals surface area contributed by atoms with Crippen LogP contribution in [-0.4, -0.2) is 6.54 Å². The Kier molecular flexibility index (Phi) is 3.17. The number of hydrogen-bond acceptors (Lipinski definition) is 1. The zero-order valence-electron chi connectivity index (χ0n) is 6.23. The fourth-order valence-corrected chi connectivity index (χ4v) is 1.26. The highest BCUT2D eigenvalue weighted by molar-refractivity contribution is 9.10. The Hall–Kier alpha value is -0.480. The van der Waals surface area contributed by atoms with E-state index in [0.717, 1.165) is 0 Å². The summed E-state index contributed by atoms with van der Waals surface area (Å²) in [6, 6.07) is 4.12. The van der Waals surface area contributed by atoms with Crippen LogP contribution in [0, 0.1) is 5.82 Å². The molecule has 1 unspecified atom stereocenters. The van der Waals surface area contributed by atoms with Crippen LogP contribution in [0.15, 0.2) is 22.7 Å². The van der Waals surface area contributed by atoms with Crippen molar-refractivity contribution in [2.45, 2.75) is 6.17 Å². The Morgan fingerprint density at radius 1 is 1.50 bits per heavy atom. The van der Waals surface area contributed by atoms with E-state index in [2.05, 4.69) is 15.9 Å². The second-order valence-corrected chi connectivity index (χ2v) is 3.28. The van der Waals surface area contributed by atoms with E-state index in [1.165, 1.54) is 18.2 Å². The predicted molar refractivity (Wildman–Crippen MR) is 47.0 cm³/mol. The predicted octanol–water partition coefficient (Wildman–Crippen LogP) is 2.56. The molecular weight excluding hydrogens is 228 g/mol. The van der Waals surface area contributed by atoms with Gasteiger partial charge in [-0.3, -0.25) is 0 Å². The molecule has 1 aromatic rings. The molecule has 0 saturated heterocycles. The summed E-state index contributed by atoms with van der Waals surface area (Å²) in [5.41, 5.74) is 5.07. The van der Waals surface area contributed by atoms with Gasteiger partial charge < -0.3 is 5.73 Å². The molecule has 0 bridgehead atoms. The first kappa shape index (κ1) is 9.61. The van der Waals surface area contributed by atoms with Gasteiger partial charge in [-0.15, -0.1) is 0 Å². The molecule has 0 fully saturated rings. The van der Waals surface area contributed by atoms with Crippen LogP contribution in [0.5, 0.6) is 0 Å². The Labute approximate surface area is 77.7 Å². The van der Waals surface area contributed by atoms with Gasteiger partial charge in [-0.2, -0.15) is 0 Å². The first-order valence-electron chi connectivity index (χ1n) is 3.44. The van der Waals surface area contributed by atoms with E-state index in [0.29, 0.717) is 4.47 Å². The summed E-state index contributed by atoms with van der Waals surface area (Å²) in [4.78, 5) is 0. The molecule has 0 radical (unpaired) electrons. The molecule has 0 aliphatic carbocycles. The van der Waals surface area contributed by atoms with Gasteiger partial charge in [-0.05, 0) is 18.2 Å². The number of alkyl halides is 1. The third kappa shape index (κ3) is 2.01. The van der Waals surface area contributed by atoms with E-state index >= 15 is 0 Å². The lowest BCUT2D eigenvalue weighted by molar-refractivity contribution is 0.341. The highest BCUT2D eigenvalue weighted by Crippen LogP contribution is 2.23. The number of halogens is 3. The van der Waals surface area contributed by atoms with Crippen LogP contribution in [0.4, 0.5) is 8.78 Å². The monoisotopic (exact) mass is 235 g/mol. The lowest BCUT2D eigenvalue weighted by atomic mass is 10.1. The van der Waals surface area contributed by atoms with Crippen molar-refractivity contribution < 1.29 is 8.78 Å². The zero-order valence-corrected chi connectivity index (χ0v) is 7.81. The van der Waals surface area contributed by atoms with Crippen LogP contribution in [0.3, 0.4) is 0 Å². The van der Waals surface area contributed by atoms with Crippen LogP contribution in [0.2, 0.25) is 0 Å². The van der Waals surface area contributed by atoms with Gasteiger partial charge in [-0.1, -0.05) is 15.9 Å². The third-order valence-corrected chi connectivity index (χ3v) is 2.00. The van der Waals surface area contributed by atoms with Gasteiger partial charge in [0.15, 0.2) is 0 Å². The molecule has 0 heterocycles. The number of rotatable bonds is 2. The van der Waals surface area contributed by atoms with Gasteiger partial charge in [0, 0.05) is 16.6 Å². The minimum absolute atomic E-state index is 0.00637. The average Bonchev–Trinajstić information content (AvgIpc) is 2.08. The van der Waals surface area contributed by atoms with E-state index in [1.807, 2.05) is 0 Å². The van der Waals surface area contributed by atoms with Crippen LogP contribution >= 0.6 is 15.9 Å². The molecule has 0 aromatic heterocycles. The largest absolute Gasteiger partial charge is 0.327 e. The van der Waals surface area contributed by atoms with Crippen LogP contribution < -0.4 is 5.73 Å². The molecule has 1 atom stereocenters. The highest BCUT2D eigenvalue weighted by Gasteiger charge is 2.12. The van der Waals surface area contributed by atoms with Crippen LogP contribution in [0.1, 0.15) is 11.7 Å². The SMILES string of the molecule is NCC(F)c1cc(Br)ccc1F. The number of hydrogen-bond donors (Lipinski definition) is 1. The molecule has 1 nitrogen and oxygen atoms in total. The molecule has 0 saturated carbocycles. The third-order valence-electron chi connectivity index (χ3n) is 1.50. The molecule has 0 amide bonds. The molecule has 66 valence electrons. The maximum absolute atomic E-state index is 12.9. The topological polar surface area (TPSA) is 26.0 Å². The molecule has 2 N–H and O–H groups in total. The summed E-state index contributed by atoms with van der Waals surface area (Å²) in [6.45, 7) is -0.201. The molecule has 0 spiro atoms. The Bertz CT molecular complexity index is 278. The van der Waals surface area contributed by atoms with Gasteiger partial charge in [0.05, 0.1) is 0 Å². The van der Waals surface area contributed by atoms with Gasteiger partial charge in [0.25, 0.3) is 0 Å². The summed E-state index contributed by atoms with van der Waals surface area (Å²) in [5.74, 6) is -0.559. The van der Waals surface area contributed by atoms with E-state index in [1.54, 1.807) is 0 Å². The summed E-state index contributed by atoms with van der Waals surface area (Å²) < 4.78 is 26.5. The van der Waals surface area contributed by atoms with Crippen molar-refractivity contribution in [3.05, 3.63) is 34.1 Å². The lowest BCUT2D eigenvalue weighted by Gasteiger charge is -2.06. The molecule has 0 aliphatic rings. The number of benzene rings is 1. The summed E-state index contributed by atoms with van der Waals surface area (Å²) in [5, 5.41) is 0. The fourth-order valence-electron chi connectivity index (χ4n) is 0.882. The van der Waals surface area contributed by atoms with Gasteiger partial charge in [0.1, 0.15) is 12.0 Å². The van der Waals surface area contributed by atoms with Crippen molar-refractivity contribution in [2.75, 3.05) is 6.54 Å². The van der Waals surface area contributed by atoms with Crippen LogP contribution in [0.25, 0.3) is 0 Å². The minimum atomic E-state index is -1.43. The summed E-state index contributed by atoms with van der Waals surface area (Å²) in [7, 11) is 0. The lowest BCUT2D eigenvalue weighted by Crippen LogP contribution is -2.09. The summed E-state index contributed by atoms with van der Waals surface area (Å²) >= 11 is 3.12. The molecular formula is C8H8BrF2N. The first-order valence-corrected chi connectivity index (χ1v) is 4.23. The minimum Gasteiger partial charge on any atom is -0.327 e. The molecule has 0 aliphatic heterocycles. The van der Waals surface area contributed by atoms with Gasteiger partial charge >= 0.3 is 0 Å². The molecule has 12 heavy (non-hydrogen) atoms. The average molecular weight is 236 g/mol. The van der Waals surface area contributed by atoms with Crippen molar-refractivity contribution >= 4 is 15.9 Å². The van der Waals surface area contributed by atoms with E-state index in [-0.39, 0.29) is 12.1 Å². The second kappa shape index (κ2) is 3.96. The van der Waals surface area contributed by atoms with E-state index < -0.39 is 12.0 Å². The van der Waals surface area contributed by atoms with Gasteiger partial charge in [0.2, 0.25) is 0 Å². The van der Waals surface area contributed by atoms with E-state index in [9.17, 15) is 8.78 Å². The van der Waals surface area contributed by atoms with Crippen molar-refractivity contribution in [3.63, 3.8) is 0 Å². The van der Waals surface area contributed by atoms with Gasteiger partial charge in [-0.25, -0.2) is 8.78 Å². The molecule has 1 aromatic carbocycles. The van der Waals surface area contributed by atoms with Crippen molar-refractivity contribution in [3.8, 4) is 0 Å². The smallest absolute Gasteiger partial charge is 0.140 e. The van der Waals surface area contributed by atoms with Crippen molar-refractivity contribution in [1.29, 1.82) is 0 Å². The Morgan fingerprint density at radius 2 is 2.17 bits per heavy atom. The molecule has 1 rings (SSSR count). The Morgan fingerprint density at radius 3 is 2.75 bits per heavy atom. The Balaban J connectivity index is 3.04. The van der Waals surface area contributed by atoms with Crippen molar-refractivity contribution in [1.82, 2.24) is 0 Å². The van der Waals surface area contributed by atoms with E-state index in [4.69, 9.17) is 5.73 Å². The molecule has 4 heteroatoms. The highest BCUT2D eigenvalue weighted by atomic mass is 79.9. The first-order chi connectivity index (χ1) is 5.65. The van der Waals surface area contributed by atoms with Crippen molar-refractivity contribution in [2.24, 2.45) is 5.73 Å². The normalized spacial score (nSPS) is 13.0. The fraction of sp³-hybridized carbons (Fsp3) is 0.250. The zero-order chi connectivity index (χ0) is 9.14. The maximum Gasteiger partial charge on any atom is 0.140 e. The van der Waals surface area contributed by atoms with Crippen LogP contribution in [-0.2, 0) is 0 Å². The summed E-state index contributed by atoms with van der Waals surface area (Å²) in [6.07, 6.45) is -1.43. The standard InChI is InChI=1S/C8H8BrF2N/c9-5-1-2-7(10)6(3-5)8(11)4-12/h1-3,8H,4,12H2. The maximum atomic E-state index is 12.9. The second-order valence-electron chi connectivity index (χ2n) is 2.37.